The van der Waals surface area contributed by atoms with Crippen LogP contribution in [0.25, 0.3) is 11.0 Å². The number of furan rings is 1. The van der Waals surface area contributed by atoms with Gasteiger partial charge in [0.25, 0.3) is 0 Å². The number of amides is 2. The number of ether oxygens (including phenoxy) is 1. The normalized spacial score (nSPS) is 23.3. The minimum absolute atomic E-state index is 0.162. The number of likely N-dealkylation sites (tertiary alicyclic amines) is 1. The lowest BCUT2D eigenvalue weighted by molar-refractivity contribution is -0.135. The first-order valence-electron chi connectivity index (χ1n) is 11.5. The molecule has 31 heavy (non-hydrogen) atoms. The molecular weight excluding hydrogens is 394 g/mol. The van der Waals surface area contributed by atoms with Crippen LogP contribution in [0.15, 0.2) is 34.7 Å². The standard InChI is InChI=1S/C24H31N3O4/c1-2-30-23(29)27-13-11-26(12-14-27)22(28)20-16-24(20)7-9-25(10-8-24)17-19-15-18-5-3-4-6-21(18)31-19/h3-6,15,20H,2,7-14,16-17H2,1H3/t20-/m1/s1. The molecular formula is C24H31N3O4. The van der Waals surface area contributed by atoms with Gasteiger partial charge in [-0.05, 0) is 56.8 Å². The van der Waals surface area contributed by atoms with Crippen LogP contribution < -0.4 is 0 Å². The van der Waals surface area contributed by atoms with Gasteiger partial charge in [0.05, 0.1) is 13.2 Å². The Kier molecular flexibility index (Phi) is 5.38. The highest BCUT2D eigenvalue weighted by Gasteiger charge is 2.59. The highest BCUT2D eigenvalue weighted by molar-refractivity contribution is 5.83. The first-order valence-corrected chi connectivity index (χ1v) is 11.5. The van der Waals surface area contributed by atoms with Crippen molar-refractivity contribution in [3.8, 4) is 0 Å². The topological polar surface area (TPSA) is 66.2 Å². The summed E-state index contributed by atoms with van der Waals surface area (Å²) < 4.78 is 11.0. The van der Waals surface area contributed by atoms with Crippen LogP contribution in [0.5, 0.6) is 0 Å². The Hall–Kier alpha value is -2.54. The van der Waals surface area contributed by atoms with E-state index in [0.717, 1.165) is 55.6 Å². The maximum absolute atomic E-state index is 13.1. The molecule has 0 N–H and O–H groups in total. The fourth-order valence-corrected chi connectivity index (χ4v) is 5.29. The van der Waals surface area contributed by atoms with Crippen molar-refractivity contribution in [2.24, 2.45) is 11.3 Å². The highest BCUT2D eigenvalue weighted by Crippen LogP contribution is 2.60. The molecule has 1 saturated carbocycles. The molecule has 1 aliphatic carbocycles. The van der Waals surface area contributed by atoms with Crippen LogP contribution in [-0.2, 0) is 16.1 Å². The Bertz CT molecular complexity index is 922. The van der Waals surface area contributed by atoms with Crippen molar-refractivity contribution < 1.29 is 18.7 Å². The lowest BCUT2D eigenvalue weighted by atomic mass is 9.90. The number of hydrogen-bond donors (Lipinski definition) is 0. The summed E-state index contributed by atoms with van der Waals surface area (Å²) in [5.41, 5.74) is 1.14. The molecule has 2 amide bonds. The van der Waals surface area contributed by atoms with Gasteiger partial charge < -0.3 is 19.0 Å². The second kappa shape index (κ2) is 8.19. The van der Waals surface area contributed by atoms with Crippen LogP contribution in [0.4, 0.5) is 4.79 Å². The molecule has 0 unspecified atom stereocenters. The number of piperidine rings is 1. The number of rotatable bonds is 4. The van der Waals surface area contributed by atoms with Crippen molar-refractivity contribution in [2.45, 2.75) is 32.7 Å². The van der Waals surface area contributed by atoms with E-state index in [9.17, 15) is 9.59 Å². The largest absolute Gasteiger partial charge is 0.460 e. The van der Waals surface area contributed by atoms with Gasteiger partial charge in [-0.1, -0.05) is 18.2 Å². The zero-order valence-corrected chi connectivity index (χ0v) is 18.2. The minimum atomic E-state index is -0.269. The average molecular weight is 426 g/mol. The van der Waals surface area contributed by atoms with Crippen LogP contribution >= 0.6 is 0 Å². The van der Waals surface area contributed by atoms with E-state index < -0.39 is 0 Å². The molecule has 2 saturated heterocycles. The summed E-state index contributed by atoms with van der Waals surface area (Å²) in [6, 6.07) is 10.3. The van der Waals surface area contributed by atoms with Crippen molar-refractivity contribution in [2.75, 3.05) is 45.9 Å². The Balaban J connectivity index is 1.10. The molecule has 3 aliphatic rings. The molecule has 1 spiro atoms. The summed E-state index contributed by atoms with van der Waals surface area (Å²) in [5, 5.41) is 1.15. The number of fused-ring (bicyclic) bond motifs is 1. The minimum Gasteiger partial charge on any atom is -0.460 e. The van der Waals surface area contributed by atoms with Crippen LogP contribution in [0.1, 0.15) is 31.9 Å². The second-order valence-corrected chi connectivity index (χ2v) is 9.16. The molecule has 3 fully saturated rings. The Morgan fingerprint density at radius 3 is 2.48 bits per heavy atom. The van der Waals surface area contributed by atoms with Gasteiger partial charge in [-0.25, -0.2) is 4.79 Å². The van der Waals surface area contributed by atoms with E-state index in [-0.39, 0.29) is 23.3 Å². The lowest BCUT2D eigenvalue weighted by Crippen LogP contribution is -2.51. The predicted octanol–water partition coefficient (Wildman–Crippen LogP) is 3.34. The van der Waals surface area contributed by atoms with E-state index in [0.29, 0.717) is 32.8 Å². The van der Waals surface area contributed by atoms with Gasteiger partial charge >= 0.3 is 6.09 Å². The third kappa shape index (κ3) is 4.03. The lowest BCUT2D eigenvalue weighted by Gasteiger charge is -2.36. The maximum atomic E-state index is 13.1. The number of nitrogens with zero attached hydrogens (tertiary/aromatic N) is 3. The molecule has 1 aromatic carbocycles. The third-order valence-corrected chi connectivity index (χ3v) is 7.31. The van der Waals surface area contributed by atoms with Gasteiger partial charge in [-0.3, -0.25) is 9.69 Å². The SMILES string of the molecule is CCOC(=O)N1CCN(C(=O)[C@H]2CC23CCN(Cc2cc4ccccc4o2)CC3)CC1. The first-order chi connectivity index (χ1) is 15.1. The smallest absolute Gasteiger partial charge is 0.409 e. The van der Waals surface area contributed by atoms with E-state index in [1.807, 2.05) is 30.0 Å². The van der Waals surface area contributed by atoms with E-state index in [4.69, 9.17) is 9.15 Å². The van der Waals surface area contributed by atoms with Crippen molar-refractivity contribution in [3.05, 3.63) is 36.1 Å². The van der Waals surface area contributed by atoms with E-state index in [1.54, 1.807) is 4.90 Å². The van der Waals surface area contributed by atoms with Crippen LogP contribution in [0, 0.1) is 11.3 Å². The van der Waals surface area contributed by atoms with Crippen LogP contribution in [0.2, 0.25) is 0 Å². The predicted molar refractivity (Wildman–Crippen MR) is 116 cm³/mol. The zero-order valence-electron chi connectivity index (χ0n) is 18.2. The second-order valence-electron chi connectivity index (χ2n) is 9.16. The summed E-state index contributed by atoms with van der Waals surface area (Å²) in [6.07, 6.45) is 2.90. The Morgan fingerprint density at radius 2 is 1.77 bits per heavy atom. The van der Waals surface area contributed by atoms with E-state index in [2.05, 4.69) is 17.0 Å². The van der Waals surface area contributed by atoms with Crippen LogP contribution in [0.3, 0.4) is 0 Å². The summed E-state index contributed by atoms with van der Waals surface area (Å²) in [5.74, 6) is 1.46. The van der Waals surface area contributed by atoms with Crippen molar-refractivity contribution in [1.82, 2.24) is 14.7 Å². The van der Waals surface area contributed by atoms with E-state index >= 15 is 0 Å². The molecule has 7 heteroatoms. The average Bonchev–Trinajstić information content (AvgIpc) is 3.33. The zero-order chi connectivity index (χ0) is 21.4. The molecule has 1 atom stereocenters. The van der Waals surface area contributed by atoms with Crippen LogP contribution in [-0.4, -0.2) is 72.6 Å². The molecule has 5 rings (SSSR count). The maximum Gasteiger partial charge on any atom is 0.409 e. The van der Waals surface area contributed by atoms with Crippen molar-refractivity contribution in [1.29, 1.82) is 0 Å². The summed E-state index contributed by atoms with van der Waals surface area (Å²) >= 11 is 0. The number of para-hydroxylation sites is 1. The number of benzene rings is 1. The van der Waals surface area contributed by atoms with Gasteiger partial charge in [0, 0.05) is 37.5 Å². The molecule has 2 aromatic rings. The fraction of sp³-hybridized carbons (Fsp3) is 0.583. The van der Waals surface area contributed by atoms with Crippen molar-refractivity contribution >= 4 is 23.0 Å². The molecule has 3 heterocycles. The third-order valence-electron chi connectivity index (χ3n) is 7.31. The van der Waals surface area contributed by atoms with Gasteiger partial charge in [0.15, 0.2) is 0 Å². The van der Waals surface area contributed by atoms with E-state index in [1.165, 1.54) is 0 Å². The number of hydrogen-bond acceptors (Lipinski definition) is 5. The summed E-state index contributed by atoms with van der Waals surface area (Å²) in [7, 11) is 0. The summed E-state index contributed by atoms with van der Waals surface area (Å²) in [6.45, 7) is 7.41. The van der Waals surface area contributed by atoms with Crippen molar-refractivity contribution in [3.63, 3.8) is 0 Å². The Morgan fingerprint density at radius 1 is 1.06 bits per heavy atom. The Labute approximate surface area is 182 Å². The highest BCUT2D eigenvalue weighted by atomic mass is 16.6. The molecule has 0 bridgehead atoms. The number of carbonyl (C=O) groups is 2. The van der Waals surface area contributed by atoms with Gasteiger partial charge in [0.1, 0.15) is 11.3 Å². The molecule has 2 aliphatic heterocycles. The fourth-order valence-electron chi connectivity index (χ4n) is 5.29. The van der Waals surface area contributed by atoms with Gasteiger partial charge in [-0.15, -0.1) is 0 Å². The molecule has 7 nitrogen and oxygen atoms in total. The quantitative estimate of drug-likeness (QED) is 0.752. The van der Waals surface area contributed by atoms with Gasteiger partial charge in [-0.2, -0.15) is 0 Å². The molecule has 166 valence electrons. The van der Waals surface area contributed by atoms with Gasteiger partial charge in [0.2, 0.25) is 5.91 Å². The number of carbonyl (C=O) groups excluding carboxylic acids is 2. The monoisotopic (exact) mass is 425 g/mol. The molecule has 1 aromatic heterocycles. The number of piperazine rings is 1. The summed E-state index contributed by atoms with van der Waals surface area (Å²) in [4.78, 5) is 31.0. The first kappa shape index (κ1) is 20.4. The molecule has 0 radical (unpaired) electrons.